The van der Waals surface area contributed by atoms with Crippen molar-refractivity contribution in [2.75, 3.05) is 0 Å². The topological polar surface area (TPSA) is 69.8 Å². The fourth-order valence-corrected chi connectivity index (χ4v) is 1.82. The van der Waals surface area contributed by atoms with Crippen molar-refractivity contribution < 1.29 is 13.2 Å². The molecule has 0 aliphatic rings. The van der Waals surface area contributed by atoms with Gasteiger partial charge >= 0.3 is 11.9 Å². The fraction of sp³-hybridized carbons (Fsp3) is 0.333. The van der Waals surface area contributed by atoms with Crippen LogP contribution < -0.4 is 11.2 Å². The minimum absolute atomic E-state index is 0.279. The van der Waals surface area contributed by atoms with Crippen LogP contribution in [0.15, 0.2) is 28.2 Å². The number of rotatable bonds is 2. The van der Waals surface area contributed by atoms with Gasteiger partial charge in [-0.2, -0.15) is 13.2 Å². The molecule has 0 saturated carbocycles. The molecule has 0 unspecified atom stereocenters. The maximum absolute atomic E-state index is 12.8. The van der Waals surface area contributed by atoms with Crippen LogP contribution in [0.25, 0.3) is 0 Å². The summed E-state index contributed by atoms with van der Waals surface area (Å²) >= 11 is 0. The van der Waals surface area contributed by atoms with Crippen molar-refractivity contribution in [2.45, 2.75) is 19.6 Å². The Hall–Kier alpha value is -2.45. The zero-order valence-electron chi connectivity index (χ0n) is 11.2. The molecule has 0 atom stereocenters. The van der Waals surface area contributed by atoms with Crippen molar-refractivity contribution in [1.29, 1.82) is 0 Å². The lowest BCUT2D eigenvalue weighted by Crippen LogP contribution is -2.42. The Labute approximate surface area is 116 Å². The van der Waals surface area contributed by atoms with Gasteiger partial charge in [0.2, 0.25) is 0 Å². The molecule has 6 nitrogen and oxygen atoms in total. The lowest BCUT2D eigenvalue weighted by Gasteiger charge is -2.12. The van der Waals surface area contributed by atoms with E-state index in [0.717, 1.165) is 11.6 Å². The van der Waals surface area contributed by atoms with Gasteiger partial charge < -0.3 is 4.57 Å². The Kier molecular flexibility index (Phi) is 3.67. The van der Waals surface area contributed by atoms with Gasteiger partial charge in [-0.05, 0) is 13.0 Å². The van der Waals surface area contributed by atoms with E-state index in [1.54, 1.807) is 6.92 Å². The molecule has 21 heavy (non-hydrogen) atoms. The van der Waals surface area contributed by atoms with Gasteiger partial charge in [-0.15, -0.1) is 0 Å². The summed E-state index contributed by atoms with van der Waals surface area (Å²) in [5, 5.41) is 0. The van der Waals surface area contributed by atoms with Crippen LogP contribution in [0.3, 0.4) is 0 Å². The summed E-state index contributed by atoms with van der Waals surface area (Å²) in [6, 6.07) is 1.49. The third-order valence-electron chi connectivity index (χ3n) is 2.82. The summed E-state index contributed by atoms with van der Waals surface area (Å²) in [6.45, 7) is 1.32. The highest BCUT2D eigenvalue weighted by molar-refractivity contribution is 5.12. The molecule has 2 aromatic heterocycles. The van der Waals surface area contributed by atoms with E-state index in [0.29, 0.717) is 16.5 Å². The van der Waals surface area contributed by atoms with Crippen LogP contribution in [0, 0.1) is 6.92 Å². The van der Waals surface area contributed by atoms with Crippen LogP contribution in [-0.4, -0.2) is 19.1 Å². The second-order valence-electron chi connectivity index (χ2n) is 4.48. The van der Waals surface area contributed by atoms with Crippen LogP contribution in [-0.2, 0) is 19.8 Å². The molecular weight excluding hydrogens is 289 g/mol. The first-order chi connectivity index (χ1) is 9.70. The number of aromatic nitrogens is 4. The number of halogens is 3. The second-order valence-corrected chi connectivity index (χ2v) is 4.48. The SMILES string of the molecule is Cc1cc(Cn2c(=O)c(C(F)(F)F)cn(C)c2=O)ncn1. The number of nitrogens with zero attached hydrogens (tertiary/aromatic N) is 4. The smallest absolute Gasteiger partial charge is 0.303 e. The van der Waals surface area contributed by atoms with Crippen LogP contribution in [0.5, 0.6) is 0 Å². The Bertz CT molecular complexity index is 792. The second kappa shape index (κ2) is 5.15. The molecule has 0 N–H and O–H groups in total. The Morgan fingerprint density at radius 3 is 2.48 bits per heavy atom. The molecule has 2 heterocycles. The van der Waals surface area contributed by atoms with E-state index >= 15 is 0 Å². The summed E-state index contributed by atoms with van der Waals surface area (Å²) in [4.78, 5) is 31.4. The monoisotopic (exact) mass is 300 g/mol. The van der Waals surface area contributed by atoms with E-state index < -0.39 is 23.0 Å². The van der Waals surface area contributed by atoms with Gasteiger partial charge in [0.25, 0.3) is 5.56 Å². The van der Waals surface area contributed by atoms with Crippen LogP contribution in [0.4, 0.5) is 13.2 Å². The van der Waals surface area contributed by atoms with Gasteiger partial charge in [-0.1, -0.05) is 0 Å². The van der Waals surface area contributed by atoms with Gasteiger partial charge in [-0.3, -0.25) is 9.36 Å². The lowest BCUT2D eigenvalue weighted by molar-refractivity contribution is -0.139. The molecule has 0 aliphatic heterocycles. The van der Waals surface area contributed by atoms with Crippen molar-refractivity contribution >= 4 is 0 Å². The largest absolute Gasteiger partial charge is 0.423 e. The number of hydrogen-bond donors (Lipinski definition) is 0. The molecule has 112 valence electrons. The minimum Gasteiger partial charge on any atom is -0.303 e. The number of alkyl halides is 3. The van der Waals surface area contributed by atoms with Crippen molar-refractivity contribution in [1.82, 2.24) is 19.1 Å². The summed E-state index contributed by atoms with van der Waals surface area (Å²) in [7, 11) is 1.15. The average molecular weight is 300 g/mol. The molecule has 0 aromatic carbocycles. The van der Waals surface area contributed by atoms with Crippen molar-refractivity contribution in [3.05, 3.63) is 56.4 Å². The van der Waals surface area contributed by atoms with Gasteiger partial charge in [0, 0.05) is 18.9 Å². The van der Waals surface area contributed by atoms with Gasteiger partial charge in [0.15, 0.2) is 0 Å². The first-order valence-corrected chi connectivity index (χ1v) is 5.85. The maximum Gasteiger partial charge on any atom is 0.423 e. The van der Waals surface area contributed by atoms with E-state index in [9.17, 15) is 22.8 Å². The molecule has 2 aromatic rings. The minimum atomic E-state index is -4.83. The number of aryl methyl sites for hydroxylation is 2. The zero-order chi connectivity index (χ0) is 15.8. The summed E-state index contributed by atoms with van der Waals surface area (Å²) in [6.07, 6.45) is -3.12. The third-order valence-corrected chi connectivity index (χ3v) is 2.82. The van der Waals surface area contributed by atoms with E-state index in [1.807, 2.05) is 0 Å². The molecule has 0 fully saturated rings. The fourth-order valence-electron chi connectivity index (χ4n) is 1.82. The van der Waals surface area contributed by atoms with E-state index in [-0.39, 0.29) is 12.2 Å². The van der Waals surface area contributed by atoms with E-state index in [4.69, 9.17) is 0 Å². The van der Waals surface area contributed by atoms with Gasteiger partial charge in [-0.25, -0.2) is 14.8 Å². The molecule has 9 heteroatoms. The highest BCUT2D eigenvalue weighted by Gasteiger charge is 2.35. The van der Waals surface area contributed by atoms with Crippen molar-refractivity contribution in [3.63, 3.8) is 0 Å². The normalized spacial score (nSPS) is 11.7. The van der Waals surface area contributed by atoms with Crippen molar-refractivity contribution in [3.8, 4) is 0 Å². The quantitative estimate of drug-likeness (QED) is 0.819. The van der Waals surface area contributed by atoms with Gasteiger partial charge in [0.1, 0.15) is 11.9 Å². The van der Waals surface area contributed by atoms with Crippen molar-refractivity contribution in [2.24, 2.45) is 7.05 Å². The van der Waals surface area contributed by atoms with E-state index in [2.05, 4.69) is 9.97 Å². The zero-order valence-corrected chi connectivity index (χ0v) is 11.2. The molecule has 0 spiro atoms. The Morgan fingerprint density at radius 2 is 1.90 bits per heavy atom. The summed E-state index contributed by atoms with van der Waals surface area (Å²) in [5.74, 6) is 0. The highest BCUT2D eigenvalue weighted by atomic mass is 19.4. The van der Waals surface area contributed by atoms with E-state index in [1.165, 1.54) is 12.4 Å². The standard InChI is InChI=1S/C12H11F3N4O2/c1-7-3-8(17-6-16-7)4-19-10(20)9(12(13,14)15)5-18(2)11(19)21/h3,5-6H,4H2,1-2H3. The first kappa shape index (κ1) is 14.9. The molecule has 2 rings (SSSR count). The first-order valence-electron chi connectivity index (χ1n) is 5.85. The summed E-state index contributed by atoms with van der Waals surface area (Å²) in [5.41, 5.74) is -2.76. The van der Waals surface area contributed by atoms with Crippen LogP contribution in [0.2, 0.25) is 0 Å². The molecule has 0 aliphatic carbocycles. The Balaban J connectivity index is 2.61. The Morgan fingerprint density at radius 1 is 1.24 bits per heavy atom. The highest BCUT2D eigenvalue weighted by Crippen LogP contribution is 2.25. The molecule has 0 amide bonds. The maximum atomic E-state index is 12.8. The predicted octanol–water partition coefficient (Wildman–Crippen LogP) is 0.713. The van der Waals surface area contributed by atoms with Gasteiger partial charge in [0.05, 0.1) is 12.2 Å². The predicted molar refractivity (Wildman–Crippen MR) is 66.8 cm³/mol. The molecule has 0 radical (unpaired) electrons. The molecular formula is C12H11F3N4O2. The van der Waals surface area contributed by atoms with Crippen LogP contribution >= 0.6 is 0 Å². The summed E-state index contributed by atoms with van der Waals surface area (Å²) < 4.78 is 39.6. The number of hydrogen-bond acceptors (Lipinski definition) is 4. The molecule has 0 saturated heterocycles. The average Bonchev–Trinajstić information content (AvgIpc) is 2.37. The lowest BCUT2D eigenvalue weighted by atomic mass is 10.3. The third kappa shape index (κ3) is 3.01. The van der Waals surface area contributed by atoms with Crippen LogP contribution in [0.1, 0.15) is 17.0 Å². The molecule has 0 bridgehead atoms.